The van der Waals surface area contributed by atoms with E-state index in [1.54, 1.807) is 0 Å². The molecule has 0 unspecified atom stereocenters. The number of benzene rings is 1. The van der Waals surface area contributed by atoms with Crippen LogP contribution in [0.5, 0.6) is 0 Å². The van der Waals surface area contributed by atoms with Crippen molar-refractivity contribution >= 4 is 0 Å². The summed E-state index contributed by atoms with van der Waals surface area (Å²) in [6, 6.07) is 10.4. The summed E-state index contributed by atoms with van der Waals surface area (Å²) in [5, 5.41) is 0. The second kappa shape index (κ2) is 5.36. The minimum absolute atomic E-state index is 0.941. The molecule has 0 nitrogen and oxygen atoms in total. The molecule has 0 amide bonds. The van der Waals surface area contributed by atoms with Crippen LogP contribution in [-0.4, -0.2) is 0 Å². The van der Waals surface area contributed by atoms with Crippen LogP contribution in [0.25, 0.3) is 0 Å². The highest BCUT2D eigenvalue weighted by molar-refractivity contribution is 5.32. The van der Waals surface area contributed by atoms with Crippen LogP contribution < -0.4 is 0 Å². The highest BCUT2D eigenvalue weighted by Gasteiger charge is 2.07. The van der Waals surface area contributed by atoms with E-state index in [2.05, 4.69) is 37.4 Å². The Balaban J connectivity index is 2.75. The summed E-state index contributed by atoms with van der Waals surface area (Å²) >= 11 is 0. The van der Waals surface area contributed by atoms with Crippen molar-refractivity contribution in [3.63, 3.8) is 0 Å². The van der Waals surface area contributed by atoms with E-state index in [1.165, 1.54) is 11.5 Å². The molecule has 0 saturated heterocycles. The van der Waals surface area contributed by atoms with Crippen molar-refractivity contribution < 1.29 is 0 Å². The Morgan fingerprint density at radius 3 is 2.00 bits per heavy atom. The maximum atomic E-state index is 3.75. The molecule has 0 aliphatic carbocycles. The largest absolute Gasteiger partial charge is 0.103 e. The summed E-state index contributed by atoms with van der Waals surface area (Å²) in [6.45, 7) is 7.51. The quantitative estimate of drug-likeness (QED) is 0.592. The van der Waals surface area contributed by atoms with E-state index in [1.807, 2.05) is 18.2 Å². The predicted molar refractivity (Wildman–Crippen MR) is 58.4 cm³/mol. The summed E-state index contributed by atoms with van der Waals surface area (Å²) in [7, 11) is 0. The molecule has 67 valence electrons. The summed E-state index contributed by atoms with van der Waals surface area (Å²) in [4.78, 5) is 0. The monoisotopic (exact) mass is 171 g/mol. The van der Waals surface area contributed by atoms with E-state index >= 15 is 0 Å². The Hall–Kier alpha value is -1.30. The molecule has 13 heavy (non-hydrogen) atoms. The molecule has 0 heteroatoms. The molecule has 0 aliphatic heterocycles. The number of hydrogen-bond acceptors (Lipinski definition) is 0. The van der Waals surface area contributed by atoms with E-state index in [9.17, 15) is 0 Å². The average molecular weight is 171 g/mol. The van der Waals surface area contributed by atoms with Gasteiger partial charge in [0.1, 0.15) is 0 Å². The zero-order valence-electron chi connectivity index (χ0n) is 7.87. The summed E-state index contributed by atoms with van der Waals surface area (Å²) in [5.74, 6) is 1.38. The van der Waals surface area contributed by atoms with Crippen molar-refractivity contribution in [2.75, 3.05) is 0 Å². The smallest absolute Gasteiger partial charge is 0.0124 e. The molecule has 0 atom stereocenters. The van der Waals surface area contributed by atoms with Gasteiger partial charge in [0, 0.05) is 5.92 Å². The first kappa shape index (κ1) is 9.79. The number of hydrogen-bond donors (Lipinski definition) is 0. The fourth-order valence-electron chi connectivity index (χ4n) is 1.34. The Bertz CT molecular complexity index is 249. The SMILES string of the molecule is C=CC[C](CC=C)c1ccccc1. The zero-order chi connectivity index (χ0) is 9.52. The second-order valence-electron chi connectivity index (χ2n) is 2.96. The third-order valence-electron chi connectivity index (χ3n) is 1.96. The lowest BCUT2D eigenvalue weighted by Crippen LogP contribution is -1.96. The van der Waals surface area contributed by atoms with Crippen LogP contribution in [0.3, 0.4) is 0 Å². The first-order chi connectivity index (χ1) is 6.38. The zero-order valence-corrected chi connectivity index (χ0v) is 7.87. The molecule has 1 aromatic carbocycles. The fraction of sp³-hybridized carbons (Fsp3) is 0.154. The molecular formula is C13H15. The highest BCUT2D eigenvalue weighted by Crippen LogP contribution is 2.22. The van der Waals surface area contributed by atoms with Crippen molar-refractivity contribution in [3.8, 4) is 0 Å². The summed E-state index contributed by atoms with van der Waals surface area (Å²) in [6.07, 6.45) is 5.75. The van der Waals surface area contributed by atoms with Crippen LogP contribution in [0.4, 0.5) is 0 Å². The van der Waals surface area contributed by atoms with Gasteiger partial charge in [0.25, 0.3) is 0 Å². The Kier molecular flexibility index (Phi) is 4.04. The van der Waals surface area contributed by atoms with E-state index in [0.717, 1.165) is 12.8 Å². The Labute approximate surface area is 80.6 Å². The number of allylic oxidation sites excluding steroid dienone is 2. The average Bonchev–Trinajstić information content (AvgIpc) is 2.19. The van der Waals surface area contributed by atoms with Gasteiger partial charge in [-0.1, -0.05) is 42.5 Å². The van der Waals surface area contributed by atoms with Gasteiger partial charge in [0.2, 0.25) is 0 Å². The van der Waals surface area contributed by atoms with Crippen molar-refractivity contribution in [1.82, 2.24) is 0 Å². The van der Waals surface area contributed by atoms with Gasteiger partial charge in [-0.15, -0.1) is 13.2 Å². The highest BCUT2D eigenvalue weighted by atomic mass is 14.1. The second-order valence-corrected chi connectivity index (χ2v) is 2.96. The first-order valence-corrected chi connectivity index (χ1v) is 4.50. The molecule has 0 N–H and O–H groups in total. The fourth-order valence-corrected chi connectivity index (χ4v) is 1.34. The van der Waals surface area contributed by atoms with E-state index < -0.39 is 0 Å². The molecular weight excluding hydrogens is 156 g/mol. The number of rotatable bonds is 5. The lowest BCUT2D eigenvalue weighted by Gasteiger charge is -2.11. The maximum Gasteiger partial charge on any atom is 0.0124 e. The maximum absolute atomic E-state index is 3.75. The van der Waals surface area contributed by atoms with Gasteiger partial charge >= 0.3 is 0 Å². The van der Waals surface area contributed by atoms with Gasteiger partial charge in [-0.05, 0) is 18.4 Å². The molecule has 0 bridgehead atoms. The van der Waals surface area contributed by atoms with Gasteiger partial charge in [0.05, 0.1) is 0 Å². The van der Waals surface area contributed by atoms with Gasteiger partial charge in [-0.3, -0.25) is 0 Å². The van der Waals surface area contributed by atoms with Gasteiger partial charge in [-0.25, -0.2) is 0 Å². The standard InChI is InChI=1S/C13H15/c1-3-8-12(9-4-2)13-10-6-5-7-11-13/h3-7,10-11H,1-2,8-9H2. The van der Waals surface area contributed by atoms with Crippen molar-refractivity contribution in [1.29, 1.82) is 0 Å². The third kappa shape index (κ3) is 2.90. The molecule has 0 spiro atoms. The minimum atomic E-state index is 0.941. The van der Waals surface area contributed by atoms with E-state index in [0.29, 0.717) is 0 Å². The first-order valence-electron chi connectivity index (χ1n) is 4.50. The molecule has 0 heterocycles. The predicted octanol–water partition coefficient (Wildman–Crippen LogP) is 3.76. The van der Waals surface area contributed by atoms with Crippen molar-refractivity contribution in [2.45, 2.75) is 12.8 Å². The normalized spacial score (nSPS) is 9.92. The van der Waals surface area contributed by atoms with Gasteiger partial charge in [-0.2, -0.15) is 0 Å². The Morgan fingerprint density at radius 1 is 1.00 bits per heavy atom. The van der Waals surface area contributed by atoms with Crippen molar-refractivity contribution in [2.24, 2.45) is 0 Å². The topological polar surface area (TPSA) is 0 Å². The van der Waals surface area contributed by atoms with E-state index in [-0.39, 0.29) is 0 Å². The van der Waals surface area contributed by atoms with E-state index in [4.69, 9.17) is 0 Å². The molecule has 0 aliphatic rings. The molecule has 0 fully saturated rings. The minimum Gasteiger partial charge on any atom is -0.103 e. The van der Waals surface area contributed by atoms with Crippen LogP contribution in [0.1, 0.15) is 18.4 Å². The summed E-state index contributed by atoms with van der Waals surface area (Å²) < 4.78 is 0. The van der Waals surface area contributed by atoms with Crippen LogP contribution >= 0.6 is 0 Å². The molecule has 1 rings (SSSR count). The lowest BCUT2D eigenvalue weighted by atomic mass is 9.93. The summed E-state index contributed by atoms with van der Waals surface area (Å²) in [5.41, 5.74) is 1.29. The van der Waals surface area contributed by atoms with Crippen LogP contribution in [0.2, 0.25) is 0 Å². The third-order valence-corrected chi connectivity index (χ3v) is 1.96. The van der Waals surface area contributed by atoms with Crippen molar-refractivity contribution in [3.05, 3.63) is 67.1 Å². The van der Waals surface area contributed by atoms with Gasteiger partial charge in [0.15, 0.2) is 0 Å². The molecule has 1 aromatic rings. The molecule has 0 aromatic heterocycles. The van der Waals surface area contributed by atoms with Crippen LogP contribution in [0.15, 0.2) is 55.6 Å². The van der Waals surface area contributed by atoms with Gasteiger partial charge < -0.3 is 0 Å². The lowest BCUT2D eigenvalue weighted by molar-refractivity contribution is 0.951. The van der Waals surface area contributed by atoms with Crippen LogP contribution in [0, 0.1) is 5.92 Å². The Morgan fingerprint density at radius 2 is 1.54 bits per heavy atom. The molecule has 0 saturated carbocycles. The van der Waals surface area contributed by atoms with Crippen LogP contribution in [-0.2, 0) is 0 Å². The molecule has 1 radical (unpaired) electrons.